The van der Waals surface area contributed by atoms with Crippen molar-refractivity contribution in [2.75, 3.05) is 26.7 Å². The monoisotopic (exact) mass is 281 g/mol. The van der Waals surface area contributed by atoms with Gasteiger partial charge in [-0.05, 0) is 6.42 Å². The van der Waals surface area contributed by atoms with E-state index in [1.165, 1.54) is 17.9 Å². The zero-order chi connectivity index (χ0) is 15.7. The van der Waals surface area contributed by atoms with Crippen molar-refractivity contribution in [2.45, 2.75) is 20.3 Å². The first kappa shape index (κ1) is 17.9. The SMILES string of the molecule is C=CCN(C)C(=O)N(CC=C)C(=O)N(CCC)C(C)=O. The number of amides is 5. The number of likely N-dealkylation sites (N-methyl/N-ethyl adjacent to an activating group) is 1. The fourth-order valence-corrected chi connectivity index (χ4v) is 1.60. The highest BCUT2D eigenvalue weighted by atomic mass is 16.2. The van der Waals surface area contributed by atoms with Gasteiger partial charge in [-0.2, -0.15) is 0 Å². The lowest BCUT2D eigenvalue weighted by Crippen LogP contribution is -2.52. The van der Waals surface area contributed by atoms with Crippen molar-refractivity contribution in [3.05, 3.63) is 25.3 Å². The Kier molecular flexibility index (Phi) is 7.96. The summed E-state index contributed by atoms with van der Waals surface area (Å²) in [5.74, 6) is -0.384. The molecule has 20 heavy (non-hydrogen) atoms. The van der Waals surface area contributed by atoms with E-state index in [0.717, 1.165) is 9.80 Å². The van der Waals surface area contributed by atoms with Gasteiger partial charge in [-0.15, -0.1) is 13.2 Å². The van der Waals surface area contributed by atoms with Crippen LogP contribution in [0.25, 0.3) is 0 Å². The number of hydrogen-bond donors (Lipinski definition) is 0. The molecule has 0 atom stereocenters. The van der Waals surface area contributed by atoms with Crippen molar-refractivity contribution in [3.63, 3.8) is 0 Å². The molecule has 0 aliphatic heterocycles. The molecule has 0 rings (SSSR count). The predicted molar refractivity (Wildman–Crippen MR) is 78.2 cm³/mol. The van der Waals surface area contributed by atoms with Gasteiger partial charge < -0.3 is 4.90 Å². The fraction of sp³-hybridized carbons (Fsp3) is 0.500. The molecule has 0 saturated carbocycles. The van der Waals surface area contributed by atoms with E-state index in [9.17, 15) is 14.4 Å². The van der Waals surface area contributed by atoms with Gasteiger partial charge in [0.15, 0.2) is 0 Å². The Morgan fingerprint density at radius 2 is 1.55 bits per heavy atom. The van der Waals surface area contributed by atoms with E-state index < -0.39 is 12.1 Å². The van der Waals surface area contributed by atoms with E-state index in [1.807, 2.05) is 6.92 Å². The summed E-state index contributed by atoms with van der Waals surface area (Å²) in [5, 5.41) is 0. The van der Waals surface area contributed by atoms with Crippen LogP contribution in [-0.2, 0) is 4.79 Å². The third kappa shape index (κ3) is 4.87. The standard InChI is InChI=1S/C14H23N3O3/c1-6-9-15(5)13(19)17(11-8-3)14(20)16(10-7-2)12(4)18/h6,8H,1,3,7,9-11H2,2,4-5H3. The summed E-state index contributed by atoms with van der Waals surface area (Å²) in [4.78, 5) is 39.4. The van der Waals surface area contributed by atoms with Crippen LogP contribution in [0.4, 0.5) is 9.59 Å². The van der Waals surface area contributed by atoms with Gasteiger partial charge in [-0.3, -0.25) is 9.69 Å². The summed E-state index contributed by atoms with van der Waals surface area (Å²) in [6, 6.07) is -1.11. The van der Waals surface area contributed by atoms with Gasteiger partial charge in [0, 0.05) is 27.1 Å². The third-order valence-electron chi connectivity index (χ3n) is 2.56. The number of carbonyl (C=O) groups is 3. The first-order valence-corrected chi connectivity index (χ1v) is 6.47. The highest BCUT2D eigenvalue weighted by Gasteiger charge is 2.29. The quantitative estimate of drug-likeness (QED) is 0.700. The minimum absolute atomic E-state index is 0.0483. The summed E-state index contributed by atoms with van der Waals surface area (Å²) >= 11 is 0. The van der Waals surface area contributed by atoms with Crippen LogP contribution in [0.1, 0.15) is 20.3 Å². The second-order valence-corrected chi connectivity index (χ2v) is 4.30. The van der Waals surface area contributed by atoms with Crippen LogP contribution in [0.15, 0.2) is 25.3 Å². The van der Waals surface area contributed by atoms with Crippen LogP contribution in [0.2, 0.25) is 0 Å². The molecule has 5 amide bonds. The van der Waals surface area contributed by atoms with Crippen LogP contribution < -0.4 is 0 Å². The maximum absolute atomic E-state index is 12.3. The molecule has 0 aromatic heterocycles. The molecular weight excluding hydrogens is 258 g/mol. The van der Waals surface area contributed by atoms with Crippen molar-refractivity contribution < 1.29 is 14.4 Å². The molecule has 0 aliphatic rings. The molecule has 0 aromatic carbocycles. The van der Waals surface area contributed by atoms with Gasteiger partial charge in [-0.25, -0.2) is 14.5 Å². The lowest BCUT2D eigenvalue weighted by Gasteiger charge is -2.29. The third-order valence-corrected chi connectivity index (χ3v) is 2.56. The van der Waals surface area contributed by atoms with Crippen molar-refractivity contribution in [2.24, 2.45) is 0 Å². The Morgan fingerprint density at radius 3 is 1.95 bits per heavy atom. The molecule has 112 valence electrons. The van der Waals surface area contributed by atoms with Gasteiger partial charge in [0.25, 0.3) is 0 Å². The summed E-state index contributed by atoms with van der Waals surface area (Å²) in [7, 11) is 1.56. The second-order valence-electron chi connectivity index (χ2n) is 4.30. The molecule has 0 N–H and O–H groups in total. The van der Waals surface area contributed by atoms with Crippen LogP contribution in [0.3, 0.4) is 0 Å². The van der Waals surface area contributed by atoms with Gasteiger partial charge in [0.2, 0.25) is 5.91 Å². The highest BCUT2D eigenvalue weighted by Crippen LogP contribution is 2.06. The zero-order valence-electron chi connectivity index (χ0n) is 12.5. The fourth-order valence-electron chi connectivity index (χ4n) is 1.60. The molecule has 0 saturated heterocycles. The summed E-state index contributed by atoms with van der Waals surface area (Å²) in [6.45, 7) is 10.9. The van der Waals surface area contributed by atoms with Crippen molar-refractivity contribution >= 4 is 18.0 Å². The average molecular weight is 281 g/mol. The maximum atomic E-state index is 12.3. The lowest BCUT2D eigenvalue weighted by atomic mass is 10.4. The van der Waals surface area contributed by atoms with Crippen LogP contribution in [-0.4, -0.2) is 59.4 Å². The van der Waals surface area contributed by atoms with E-state index in [4.69, 9.17) is 0 Å². The minimum Gasteiger partial charge on any atom is -0.324 e. The molecule has 0 radical (unpaired) electrons. The average Bonchev–Trinajstić information content (AvgIpc) is 2.40. The van der Waals surface area contributed by atoms with E-state index in [-0.39, 0.29) is 19.0 Å². The second kappa shape index (κ2) is 8.90. The van der Waals surface area contributed by atoms with Crippen LogP contribution in [0, 0.1) is 0 Å². The first-order chi connectivity index (χ1) is 9.40. The Labute approximate surface area is 120 Å². The van der Waals surface area contributed by atoms with E-state index in [1.54, 1.807) is 13.1 Å². The topological polar surface area (TPSA) is 60.9 Å². The molecule has 0 aliphatic carbocycles. The number of urea groups is 2. The molecule has 0 unspecified atom stereocenters. The summed E-state index contributed by atoms with van der Waals surface area (Å²) in [5.41, 5.74) is 0. The zero-order valence-corrected chi connectivity index (χ0v) is 12.5. The smallest absolute Gasteiger partial charge is 0.324 e. The number of rotatable bonds is 6. The highest BCUT2D eigenvalue weighted by molar-refractivity contribution is 6.01. The lowest BCUT2D eigenvalue weighted by molar-refractivity contribution is -0.126. The van der Waals surface area contributed by atoms with Gasteiger partial charge in [-0.1, -0.05) is 19.1 Å². The predicted octanol–water partition coefficient (Wildman–Crippen LogP) is 2.09. The molecule has 0 fully saturated rings. The summed E-state index contributed by atoms with van der Waals surface area (Å²) < 4.78 is 0. The molecule has 0 heterocycles. The maximum Gasteiger partial charge on any atom is 0.335 e. The molecule has 0 aromatic rings. The Balaban J connectivity index is 5.18. The first-order valence-electron chi connectivity index (χ1n) is 6.47. The molecule has 6 nitrogen and oxygen atoms in total. The van der Waals surface area contributed by atoms with Crippen molar-refractivity contribution in [1.82, 2.24) is 14.7 Å². The Morgan fingerprint density at radius 1 is 1.00 bits per heavy atom. The van der Waals surface area contributed by atoms with Crippen LogP contribution in [0.5, 0.6) is 0 Å². The van der Waals surface area contributed by atoms with Gasteiger partial charge in [0.05, 0.1) is 6.54 Å². The number of carbonyl (C=O) groups excluding carboxylic acids is 3. The summed E-state index contributed by atoms with van der Waals surface area (Å²) in [6.07, 6.45) is 3.63. The number of imide groups is 2. The molecular formula is C14H23N3O3. The van der Waals surface area contributed by atoms with E-state index in [0.29, 0.717) is 13.0 Å². The molecule has 0 bridgehead atoms. The number of nitrogens with zero attached hydrogens (tertiary/aromatic N) is 3. The van der Waals surface area contributed by atoms with Gasteiger partial charge in [0.1, 0.15) is 0 Å². The normalized spacial score (nSPS) is 9.55. The van der Waals surface area contributed by atoms with E-state index in [2.05, 4.69) is 13.2 Å². The van der Waals surface area contributed by atoms with Gasteiger partial charge >= 0.3 is 12.1 Å². The minimum atomic E-state index is -0.625. The number of hydrogen-bond acceptors (Lipinski definition) is 3. The molecule has 6 heteroatoms. The van der Waals surface area contributed by atoms with E-state index >= 15 is 0 Å². The Bertz CT molecular complexity index is 393. The largest absolute Gasteiger partial charge is 0.335 e. The van der Waals surface area contributed by atoms with Crippen molar-refractivity contribution in [3.8, 4) is 0 Å². The molecule has 0 spiro atoms. The van der Waals surface area contributed by atoms with Crippen LogP contribution >= 0.6 is 0 Å². The van der Waals surface area contributed by atoms with Crippen molar-refractivity contribution in [1.29, 1.82) is 0 Å². The Hall–Kier alpha value is -2.11.